The van der Waals surface area contributed by atoms with Crippen LogP contribution in [-0.4, -0.2) is 10.9 Å². The Bertz CT molecular complexity index is 960. The van der Waals surface area contributed by atoms with Crippen LogP contribution in [0.4, 0.5) is 11.5 Å². The fourth-order valence-corrected chi connectivity index (χ4v) is 3.13. The Morgan fingerprint density at radius 2 is 1.89 bits per heavy atom. The molecule has 1 aromatic heterocycles. The molecule has 0 aliphatic heterocycles. The van der Waals surface area contributed by atoms with Crippen molar-refractivity contribution in [2.75, 3.05) is 10.6 Å². The maximum absolute atomic E-state index is 12.5. The first-order valence-electron chi connectivity index (χ1n) is 8.60. The largest absolute Gasteiger partial charge is 0.381 e. The zero-order valence-corrected chi connectivity index (χ0v) is 16.3. The van der Waals surface area contributed by atoms with Crippen LogP contribution < -0.4 is 10.6 Å². The first kappa shape index (κ1) is 19.2. The maximum atomic E-state index is 12.5. The van der Waals surface area contributed by atoms with Crippen LogP contribution in [-0.2, 0) is 13.0 Å². The predicted molar refractivity (Wildman–Crippen MR) is 112 cm³/mol. The van der Waals surface area contributed by atoms with E-state index in [9.17, 15) is 4.79 Å². The van der Waals surface area contributed by atoms with Gasteiger partial charge in [0, 0.05) is 24.0 Å². The van der Waals surface area contributed by atoms with E-state index in [1.165, 1.54) is 17.8 Å². The Hall–Kier alpha value is -2.56. The van der Waals surface area contributed by atoms with Crippen LogP contribution in [0.3, 0.4) is 0 Å². The van der Waals surface area contributed by atoms with Crippen molar-refractivity contribution in [3.05, 3.63) is 87.5 Å². The molecule has 27 heavy (non-hydrogen) atoms. The molecule has 4 nitrogen and oxygen atoms in total. The number of amides is 1. The number of hydrogen-bond acceptors (Lipinski definition) is 3. The van der Waals surface area contributed by atoms with Crippen LogP contribution >= 0.6 is 23.2 Å². The van der Waals surface area contributed by atoms with Gasteiger partial charge in [-0.25, -0.2) is 4.98 Å². The Balaban J connectivity index is 1.70. The predicted octanol–water partition coefficient (Wildman–Crippen LogP) is 5.82. The minimum atomic E-state index is -0.275. The SMILES string of the molecule is CCc1ccccc1NCc1cccc(C(=O)Nc2ncc(Cl)cc2Cl)c1. The van der Waals surface area contributed by atoms with Gasteiger partial charge in [-0.2, -0.15) is 0 Å². The molecule has 1 heterocycles. The average molecular weight is 400 g/mol. The number of anilines is 2. The summed E-state index contributed by atoms with van der Waals surface area (Å²) in [5.74, 6) is 0.00833. The molecule has 0 radical (unpaired) electrons. The summed E-state index contributed by atoms with van der Waals surface area (Å²) in [7, 11) is 0. The highest BCUT2D eigenvalue weighted by Crippen LogP contribution is 2.23. The number of aryl methyl sites for hydroxylation is 1. The number of carbonyl (C=O) groups is 1. The second kappa shape index (κ2) is 8.89. The number of benzene rings is 2. The molecule has 0 aliphatic rings. The van der Waals surface area contributed by atoms with Crippen molar-refractivity contribution in [1.82, 2.24) is 4.98 Å². The van der Waals surface area contributed by atoms with Gasteiger partial charge in [0.05, 0.1) is 10.0 Å². The first-order chi connectivity index (χ1) is 13.1. The third-order valence-electron chi connectivity index (χ3n) is 4.11. The van der Waals surface area contributed by atoms with Gasteiger partial charge in [0.15, 0.2) is 5.82 Å². The second-order valence-corrected chi connectivity index (χ2v) is 6.85. The Morgan fingerprint density at radius 1 is 1.07 bits per heavy atom. The van der Waals surface area contributed by atoms with Crippen LogP contribution in [0.1, 0.15) is 28.4 Å². The number of hydrogen-bond donors (Lipinski definition) is 2. The summed E-state index contributed by atoms with van der Waals surface area (Å²) in [5, 5.41) is 6.86. The molecule has 2 aromatic carbocycles. The zero-order chi connectivity index (χ0) is 19.2. The summed E-state index contributed by atoms with van der Waals surface area (Å²) in [5.41, 5.74) is 3.90. The molecule has 0 bridgehead atoms. The number of aromatic nitrogens is 1. The molecule has 0 saturated heterocycles. The van der Waals surface area contributed by atoms with E-state index >= 15 is 0 Å². The van der Waals surface area contributed by atoms with Crippen molar-refractivity contribution < 1.29 is 4.79 Å². The number of carbonyl (C=O) groups excluding carboxylic acids is 1. The van der Waals surface area contributed by atoms with Gasteiger partial charge in [-0.3, -0.25) is 4.79 Å². The van der Waals surface area contributed by atoms with Gasteiger partial charge < -0.3 is 10.6 Å². The van der Waals surface area contributed by atoms with Crippen LogP contribution in [0.25, 0.3) is 0 Å². The normalized spacial score (nSPS) is 10.5. The number of halogens is 2. The summed E-state index contributed by atoms with van der Waals surface area (Å²) >= 11 is 11.9. The molecule has 0 atom stereocenters. The van der Waals surface area contributed by atoms with E-state index in [0.29, 0.717) is 22.2 Å². The maximum Gasteiger partial charge on any atom is 0.256 e. The Labute approximate surface area is 168 Å². The molecule has 0 fully saturated rings. The monoisotopic (exact) mass is 399 g/mol. The number of para-hydroxylation sites is 1. The summed E-state index contributed by atoms with van der Waals surface area (Å²) in [6, 6.07) is 17.2. The fourth-order valence-electron chi connectivity index (χ4n) is 2.71. The smallest absolute Gasteiger partial charge is 0.256 e. The molecule has 138 valence electrons. The summed E-state index contributed by atoms with van der Waals surface area (Å²) in [4.78, 5) is 16.6. The molecule has 0 unspecified atom stereocenters. The summed E-state index contributed by atoms with van der Waals surface area (Å²) < 4.78 is 0. The van der Waals surface area contributed by atoms with Crippen LogP contribution in [0.5, 0.6) is 0 Å². The molecule has 3 aromatic rings. The number of nitrogens with zero attached hydrogens (tertiary/aromatic N) is 1. The lowest BCUT2D eigenvalue weighted by atomic mass is 10.1. The Morgan fingerprint density at radius 3 is 2.67 bits per heavy atom. The molecular formula is C21H19Cl2N3O. The van der Waals surface area contributed by atoms with Crippen LogP contribution in [0, 0.1) is 0 Å². The number of nitrogens with one attached hydrogen (secondary N) is 2. The lowest BCUT2D eigenvalue weighted by Gasteiger charge is -2.12. The lowest BCUT2D eigenvalue weighted by Crippen LogP contribution is -2.14. The van der Waals surface area contributed by atoms with Crippen molar-refractivity contribution in [1.29, 1.82) is 0 Å². The van der Waals surface area contributed by atoms with E-state index in [0.717, 1.165) is 17.7 Å². The number of pyridine rings is 1. The van der Waals surface area contributed by atoms with Gasteiger partial charge in [-0.15, -0.1) is 0 Å². The Kier molecular flexibility index (Phi) is 6.32. The summed E-state index contributed by atoms with van der Waals surface area (Å²) in [6.07, 6.45) is 2.40. The topological polar surface area (TPSA) is 54.0 Å². The minimum Gasteiger partial charge on any atom is -0.381 e. The molecule has 3 rings (SSSR count). The van der Waals surface area contributed by atoms with E-state index in [4.69, 9.17) is 23.2 Å². The van der Waals surface area contributed by atoms with Gasteiger partial charge in [-0.1, -0.05) is 60.5 Å². The number of rotatable bonds is 6. The zero-order valence-electron chi connectivity index (χ0n) is 14.8. The molecule has 0 saturated carbocycles. The van der Waals surface area contributed by atoms with Gasteiger partial charge in [0.1, 0.15) is 0 Å². The van der Waals surface area contributed by atoms with E-state index in [2.05, 4.69) is 34.7 Å². The van der Waals surface area contributed by atoms with Crippen LogP contribution in [0.15, 0.2) is 60.8 Å². The molecule has 0 aliphatic carbocycles. The highest BCUT2D eigenvalue weighted by molar-refractivity contribution is 6.36. The van der Waals surface area contributed by atoms with E-state index in [1.807, 2.05) is 30.3 Å². The van der Waals surface area contributed by atoms with E-state index < -0.39 is 0 Å². The molecule has 2 N–H and O–H groups in total. The first-order valence-corrected chi connectivity index (χ1v) is 9.35. The highest BCUT2D eigenvalue weighted by atomic mass is 35.5. The third kappa shape index (κ3) is 5.00. The van der Waals surface area contributed by atoms with Crippen molar-refractivity contribution >= 4 is 40.6 Å². The van der Waals surface area contributed by atoms with Gasteiger partial charge >= 0.3 is 0 Å². The third-order valence-corrected chi connectivity index (χ3v) is 4.60. The molecular weight excluding hydrogens is 381 g/mol. The van der Waals surface area contributed by atoms with Gasteiger partial charge in [-0.05, 0) is 41.8 Å². The van der Waals surface area contributed by atoms with Crippen molar-refractivity contribution in [3.63, 3.8) is 0 Å². The molecule has 6 heteroatoms. The quantitative estimate of drug-likeness (QED) is 0.549. The standard InChI is InChI=1S/C21H19Cl2N3O/c1-2-15-7-3-4-9-19(15)24-12-14-6-5-8-16(10-14)21(27)26-20-18(23)11-17(22)13-25-20/h3-11,13,24H,2,12H2,1H3,(H,25,26,27). The average Bonchev–Trinajstić information content (AvgIpc) is 2.69. The fraction of sp³-hybridized carbons (Fsp3) is 0.143. The van der Waals surface area contributed by atoms with E-state index in [1.54, 1.807) is 6.07 Å². The van der Waals surface area contributed by atoms with Crippen molar-refractivity contribution in [2.45, 2.75) is 19.9 Å². The minimum absolute atomic E-state index is 0.275. The van der Waals surface area contributed by atoms with Crippen molar-refractivity contribution in [2.24, 2.45) is 0 Å². The second-order valence-electron chi connectivity index (χ2n) is 6.00. The van der Waals surface area contributed by atoms with Gasteiger partial charge in [0.25, 0.3) is 5.91 Å². The van der Waals surface area contributed by atoms with E-state index in [-0.39, 0.29) is 11.7 Å². The highest BCUT2D eigenvalue weighted by Gasteiger charge is 2.11. The lowest BCUT2D eigenvalue weighted by molar-refractivity contribution is 0.102. The van der Waals surface area contributed by atoms with Crippen molar-refractivity contribution in [3.8, 4) is 0 Å². The van der Waals surface area contributed by atoms with Crippen LogP contribution in [0.2, 0.25) is 10.0 Å². The summed E-state index contributed by atoms with van der Waals surface area (Å²) in [6.45, 7) is 2.75. The van der Waals surface area contributed by atoms with Gasteiger partial charge in [0.2, 0.25) is 0 Å². The molecule has 1 amide bonds. The molecule has 0 spiro atoms.